The van der Waals surface area contributed by atoms with E-state index >= 15 is 0 Å². The minimum atomic E-state index is -4.49. The Balaban J connectivity index is 1.37. The summed E-state index contributed by atoms with van der Waals surface area (Å²) in [5.74, 6) is -0.296. The van der Waals surface area contributed by atoms with E-state index in [1.54, 1.807) is 38.1 Å². The second-order valence-corrected chi connectivity index (χ2v) is 16.2. The molecule has 0 atom stereocenters. The van der Waals surface area contributed by atoms with Crippen LogP contribution in [0.3, 0.4) is 0 Å². The van der Waals surface area contributed by atoms with Crippen molar-refractivity contribution < 1.29 is 50.6 Å². The van der Waals surface area contributed by atoms with E-state index in [4.69, 9.17) is 8.37 Å². The highest BCUT2D eigenvalue weighted by atomic mass is 32.2. The molecule has 48 heavy (non-hydrogen) atoms. The fourth-order valence-electron chi connectivity index (χ4n) is 3.51. The molecule has 0 radical (unpaired) electrons. The van der Waals surface area contributed by atoms with Gasteiger partial charge in [0.15, 0.2) is 0 Å². The Kier molecular flexibility index (Phi) is 10.6. The van der Waals surface area contributed by atoms with Gasteiger partial charge in [0.1, 0.15) is 42.5 Å². The van der Waals surface area contributed by atoms with Gasteiger partial charge in [0.2, 0.25) is 0 Å². The SMILES string of the molecule is CC(=N/OS(=O)(=O)c1ccc(OS(=O)(=O)c2ccc(C)cc2)cc1)/C(C)=N\OS(=O)(=O)c1ccc(OS(=O)(=O)c2ccc(C)cc2)cc1. The molecule has 0 spiro atoms. The highest BCUT2D eigenvalue weighted by Crippen LogP contribution is 2.24. The first-order valence-corrected chi connectivity index (χ1v) is 19.2. The number of nitrogens with zero attached hydrogens (tertiary/aromatic N) is 2. The molecule has 0 aliphatic carbocycles. The van der Waals surface area contributed by atoms with E-state index in [1.807, 2.05) is 0 Å². The molecular formula is C30H28N2O12S4. The van der Waals surface area contributed by atoms with Gasteiger partial charge >= 0.3 is 40.5 Å². The quantitative estimate of drug-likeness (QED) is 0.104. The van der Waals surface area contributed by atoms with Crippen molar-refractivity contribution in [2.24, 2.45) is 10.3 Å². The Morgan fingerprint density at radius 1 is 0.417 bits per heavy atom. The molecule has 254 valence electrons. The van der Waals surface area contributed by atoms with Gasteiger partial charge < -0.3 is 8.37 Å². The number of aryl methyl sites for hydroxylation is 2. The van der Waals surface area contributed by atoms with E-state index in [9.17, 15) is 33.7 Å². The number of hydrogen-bond acceptors (Lipinski definition) is 14. The third-order valence-corrected chi connectivity index (χ3v) is 11.1. The van der Waals surface area contributed by atoms with Crippen molar-refractivity contribution in [3.63, 3.8) is 0 Å². The van der Waals surface area contributed by atoms with Gasteiger partial charge in [0.25, 0.3) is 0 Å². The number of hydrogen-bond donors (Lipinski definition) is 0. The molecule has 0 aromatic heterocycles. The van der Waals surface area contributed by atoms with E-state index in [1.165, 1.54) is 38.1 Å². The first kappa shape index (κ1) is 36.1. The van der Waals surface area contributed by atoms with Gasteiger partial charge in [-0.05, 0) is 100 Å². The lowest BCUT2D eigenvalue weighted by Gasteiger charge is -2.08. The van der Waals surface area contributed by atoms with Gasteiger partial charge in [0, 0.05) is 0 Å². The minimum absolute atomic E-state index is 0.0820. The van der Waals surface area contributed by atoms with Crippen LogP contribution in [0.5, 0.6) is 11.5 Å². The van der Waals surface area contributed by atoms with Crippen LogP contribution >= 0.6 is 0 Å². The molecule has 0 aliphatic heterocycles. The van der Waals surface area contributed by atoms with E-state index in [0.29, 0.717) is 0 Å². The molecule has 0 heterocycles. The van der Waals surface area contributed by atoms with Crippen molar-refractivity contribution in [3.8, 4) is 11.5 Å². The molecule has 4 rings (SSSR count). The average molecular weight is 737 g/mol. The summed E-state index contributed by atoms with van der Waals surface area (Å²) in [5, 5.41) is 6.94. The monoisotopic (exact) mass is 736 g/mol. The summed E-state index contributed by atoms with van der Waals surface area (Å²) in [7, 11) is -17.3. The molecule has 0 saturated carbocycles. The van der Waals surface area contributed by atoms with Gasteiger partial charge in [-0.1, -0.05) is 45.7 Å². The predicted octanol–water partition coefficient (Wildman–Crippen LogP) is 4.70. The second kappa shape index (κ2) is 14.1. The van der Waals surface area contributed by atoms with Gasteiger partial charge in [-0.25, -0.2) is 0 Å². The lowest BCUT2D eigenvalue weighted by atomic mass is 10.2. The van der Waals surface area contributed by atoms with Crippen LogP contribution in [0.15, 0.2) is 127 Å². The molecule has 0 aliphatic rings. The van der Waals surface area contributed by atoms with E-state index in [2.05, 4.69) is 18.9 Å². The Labute approximate surface area is 278 Å². The van der Waals surface area contributed by atoms with Crippen molar-refractivity contribution in [1.82, 2.24) is 0 Å². The molecule has 0 bridgehead atoms. The van der Waals surface area contributed by atoms with Crippen LogP contribution in [-0.2, 0) is 49.0 Å². The van der Waals surface area contributed by atoms with E-state index in [0.717, 1.165) is 59.7 Å². The second-order valence-electron chi connectivity index (χ2n) is 10.1. The Hall–Kier alpha value is -4.78. The molecule has 4 aromatic carbocycles. The minimum Gasteiger partial charge on any atom is -0.379 e. The fourth-order valence-corrected chi connectivity index (χ4v) is 6.90. The molecule has 0 fully saturated rings. The lowest BCUT2D eigenvalue weighted by Crippen LogP contribution is -2.12. The van der Waals surface area contributed by atoms with Crippen molar-refractivity contribution >= 4 is 51.9 Å². The third kappa shape index (κ3) is 9.18. The van der Waals surface area contributed by atoms with Crippen LogP contribution in [-0.4, -0.2) is 45.1 Å². The Morgan fingerprint density at radius 3 is 0.958 bits per heavy atom. The molecule has 14 nitrogen and oxygen atoms in total. The van der Waals surface area contributed by atoms with Crippen molar-refractivity contribution in [3.05, 3.63) is 108 Å². The van der Waals surface area contributed by atoms with Crippen molar-refractivity contribution in [2.75, 3.05) is 0 Å². The molecular weight excluding hydrogens is 709 g/mol. The van der Waals surface area contributed by atoms with E-state index < -0.39 is 40.5 Å². The molecule has 0 unspecified atom stereocenters. The number of benzene rings is 4. The summed E-state index contributed by atoms with van der Waals surface area (Å²) in [4.78, 5) is -0.929. The van der Waals surface area contributed by atoms with Crippen molar-refractivity contribution in [1.29, 1.82) is 0 Å². The summed E-state index contributed by atoms with van der Waals surface area (Å²) in [6.07, 6.45) is 0. The molecule has 0 N–H and O–H groups in total. The molecule has 0 saturated heterocycles. The third-order valence-electron chi connectivity index (χ3n) is 6.32. The molecule has 0 amide bonds. The van der Waals surface area contributed by atoms with Gasteiger partial charge in [0.05, 0.1) is 0 Å². The summed E-state index contributed by atoms with van der Waals surface area (Å²) < 4.78 is 120. The summed E-state index contributed by atoms with van der Waals surface area (Å²) in [6.45, 7) is 6.14. The van der Waals surface area contributed by atoms with Crippen LogP contribution in [0, 0.1) is 13.8 Å². The van der Waals surface area contributed by atoms with Gasteiger partial charge in [-0.3, -0.25) is 8.57 Å². The Bertz CT molecular complexity index is 2120. The number of rotatable bonds is 13. The zero-order chi connectivity index (χ0) is 35.3. The highest BCUT2D eigenvalue weighted by Gasteiger charge is 2.21. The highest BCUT2D eigenvalue weighted by molar-refractivity contribution is 7.87. The summed E-state index contributed by atoms with van der Waals surface area (Å²) in [5.41, 5.74) is 1.38. The standard InChI is InChI=1S/C30H28N2O12S4/c1-21-5-13-27(14-6-21)45(33,34)41-25-9-17-29(18-10-25)47(37,38)43-31-23(3)24(4)32-44-48(39,40)30-19-11-26(12-20-30)42-46(35,36)28-15-7-22(2)8-16-28/h5-20H,1-4H3/b31-23-,32-24-. The molecule has 18 heteroatoms. The van der Waals surface area contributed by atoms with Crippen molar-refractivity contribution in [2.45, 2.75) is 47.3 Å². The topological polar surface area (TPSA) is 198 Å². The average Bonchev–Trinajstić information content (AvgIpc) is 3.03. The predicted molar refractivity (Wildman–Crippen MR) is 174 cm³/mol. The number of oxime groups is 2. The maximum atomic E-state index is 12.6. The van der Waals surface area contributed by atoms with Gasteiger partial charge in [-0.15, -0.1) is 0 Å². The van der Waals surface area contributed by atoms with Crippen LogP contribution in [0.25, 0.3) is 0 Å². The zero-order valence-corrected chi connectivity index (χ0v) is 28.9. The zero-order valence-electron chi connectivity index (χ0n) is 25.7. The summed E-state index contributed by atoms with van der Waals surface area (Å²) >= 11 is 0. The Morgan fingerprint density at radius 2 is 0.667 bits per heavy atom. The smallest absolute Gasteiger partial charge is 0.358 e. The van der Waals surface area contributed by atoms with Crippen LogP contribution in [0.2, 0.25) is 0 Å². The first-order chi connectivity index (χ1) is 22.4. The van der Waals surface area contributed by atoms with Crippen LogP contribution < -0.4 is 8.37 Å². The lowest BCUT2D eigenvalue weighted by molar-refractivity contribution is 0.334. The molecule has 4 aromatic rings. The maximum absolute atomic E-state index is 12.6. The van der Waals surface area contributed by atoms with Crippen LogP contribution in [0.4, 0.5) is 0 Å². The maximum Gasteiger partial charge on any atom is 0.358 e. The summed E-state index contributed by atoms with van der Waals surface area (Å²) in [6, 6.07) is 20.6. The first-order valence-electron chi connectivity index (χ1n) is 13.6. The van der Waals surface area contributed by atoms with Gasteiger partial charge in [-0.2, -0.15) is 33.7 Å². The van der Waals surface area contributed by atoms with E-state index in [-0.39, 0.29) is 42.5 Å². The largest absolute Gasteiger partial charge is 0.379 e. The normalized spacial score (nSPS) is 13.1. The fraction of sp³-hybridized carbons (Fsp3) is 0.133. The van der Waals surface area contributed by atoms with Crippen LogP contribution in [0.1, 0.15) is 25.0 Å².